The SMILES string of the molecule is O=S(=O)(Nc1ccc(NS(=O)(=O)c2ccc(F)cc2F)cc1)c1ccc(F)c(F)c1. The largest absolute Gasteiger partial charge is 0.280 e. The number of nitrogens with one attached hydrogen (secondary N) is 2. The van der Waals surface area contributed by atoms with Crippen molar-refractivity contribution in [2.75, 3.05) is 9.44 Å². The summed E-state index contributed by atoms with van der Waals surface area (Å²) < 4.78 is 106. The van der Waals surface area contributed by atoms with Crippen molar-refractivity contribution in [2.24, 2.45) is 0 Å². The van der Waals surface area contributed by atoms with Crippen LogP contribution in [0.2, 0.25) is 0 Å². The summed E-state index contributed by atoms with van der Waals surface area (Å²) in [4.78, 5) is -1.29. The first-order valence-corrected chi connectivity index (χ1v) is 11.0. The molecule has 0 radical (unpaired) electrons. The van der Waals surface area contributed by atoms with Crippen LogP contribution in [-0.2, 0) is 20.0 Å². The first-order valence-electron chi connectivity index (χ1n) is 8.04. The smallest absolute Gasteiger partial charge is 0.264 e. The molecule has 2 N–H and O–H groups in total. The van der Waals surface area contributed by atoms with Crippen LogP contribution in [0.15, 0.2) is 70.5 Å². The highest BCUT2D eigenvalue weighted by molar-refractivity contribution is 7.93. The summed E-state index contributed by atoms with van der Waals surface area (Å²) in [6, 6.07) is 8.76. The Kier molecular flexibility index (Phi) is 5.72. The fourth-order valence-corrected chi connectivity index (χ4v) is 4.56. The van der Waals surface area contributed by atoms with Gasteiger partial charge >= 0.3 is 0 Å². The summed E-state index contributed by atoms with van der Waals surface area (Å²) in [6.07, 6.45) is 0. The topological polar surface area (TPSA) is 92.3 Å². The Labute approximate surface area is 169 Å². The number of hydrogen-bond acceptors (Lipinski definition) is 4. The fourth-order valence-electron chi connectivity index (χ4n) is 2.37. The Bertz CT molecular complexity index is 1310. The second-order valence-corrected chi connectivity index (χ2v) is 9.27. The number of rotatable bonds is 6. The highest BCUT2D eigenvalue weighted by Gasteiger charge is 2.20. The molecule has 12 heteroatoms. The van der Waals surface area contributed by atoms with Gasteiger partial charge in [0.25, 0.3) is 20.0 Å². The van der Waals surface area contributed by atoms with Crippen LogP contribution in [0.25, 0.3) is 0 Å². The van der Waals surface area contributed by atoms with E-state index in [2.05, 4.69) is 9.44 Å². The minimum Gasteiger partial charge on any atom is -0.280 e. The van der Waals surface area contributed by atoms with Crippen molar-refractivity contribution in [3.63, 3.8) is 0 Å². The van der Waals surface area contributed by atoms with Crippen LogP contribution in [0.5, 0.6) is 0 Å². The molecule has 0 saturated heterocycles. The van der Waals surface area contributed by atoms with Crippen molar-refractivity contribution < 1.29 is 34.4 Å². The van der Waals surface area contributed by atoms with Crippen LogP contribution in [0.3, 0.4) is 0 Å². The van der Waals surface area contributed by atoms with Gasteiger partial charge in [0.15, 0.2) is 11.6 Å². The summed E-state index contributed by atoms with van der Waals surface area (Å²) in [5.41, 5.74) is -0.0369. The lowest BCUT2D eigenvalue weighted by molar-refractivity contribution is 0.504. The Hall–Kier alpha value is -3.12. The molecular formula is C18H12F4N2O4S2. The Morgan fingerprint density at radius 2 is 1.13 bits per heavy atom. The van der Waals surface area contributed by atoms with E-state index >= 15 is 0 Å². The maximum atomic E-state index is 13.7. The zero-order chi connectivity index (χ0) is 22.1. The normalized spacial score (nSPS) is 11.9. The minimum absolute atomic E-state index is 0.00403. The summed E-state index contributed by atoms with van der Waals surface area (Å²) >= 11 is 0. The molecule has 0 fully saturated rings. The van der Waals surface area contributed by atoms with Gasteiger partial charge in [-0.2, -0.15) is 0 Å². The van der Waals surface area contributed by atoms with Crippen LogP contribution >= 0.6 is 0 Å². The third kappa shape index (κ3) is 4.71. The van der Waals surface area contributed by atoms with Crippen molar-refractivity contribution in [1.29, 1.82) is 0 Å². The molecule has 0 aliphatic heterocycles. The molecule has 0 atom stereocenters. The van der Waals surface area contributed by atoms with Gasteiger partial charge in [0.05, 0.1) is 4.90 Å². The van der Waals surface area contributed by atoms with Crippen LogP contribution in [0.1, 0.15) is 0 Å². The average Bonchev–Trinajstić information content (AvgIpc) is 2.64. The predicted molar refractivity (Wildman–Crippen MR) is 101 cm³/mol. The maximum Gasteiger partial charge on any atom is 0.264 e. The van der Waals surface area contributed by atoms with Gasteiger partial charge in [0.1, 0.15) is 16.5 Å². The summed E-state index contributed by atoms with van der Waals surface area (Å²) in [7, 11) is -8.60. The third-order valence-corrected chi connectivity index (χ3v) is 6.57. The van der Waals surface area contributed by atoms with E-state index in [0.717, 1.165) is 18.2 Å². The first-order chi connectivity index (χ1) is 14.0. The van der Waals surface area contributed by atoms with Gasteiger partial charge < -0.3 is 0 Å². The summed E-state index contributed by atoms with van der Waals surface area (Å²) in [6.45, 7) is 0. The van der Waals surface area contributed by atoms with Gasteiger partial charge in [-0.05, 0) is 54.6 Å². The van der Waals surface area contributed by atoms with Crippen LogP contribution < -0.4 is 9.44 Å². The molecule has 6 nitrogen and oxygen atoms in total. The van der Waals surface area contributed by atoms with E-state index in [-0.39, 0.29) is 11.4 Å². The van der Waals surface area contributed by atoms with E-state index in [1.165, 1.54) is 24.3 Å². The van der Waals surface area contributed by atoms with Crippen molar-refractivity contribution in [3.8, 4) is 0 Å². The van der Waals surface area contributed by atoms with E-state index in [0.29, 0.717) is 18.2 Å². The molecule has 0 heterocycles. The summed E-state index contributed by atoms with van der Waals surface area (Å²) in [5.74, 6) is -4.76. The van der Waals surface area contributed by atoms with Crippen molar-refractivity contribution in [1.82, 2.24) is 0 Å². The van der Waals surface area contributed by atoms with Gasteiger partial charge in [-0.1, -0.05) is 0 Å². The molecule has 30 heavy (non-hydrogen) atoms. The van der Waals surface area contributed by atoms with Crippen LogP contribution in [0.4, 0.5) is 28.9 Å². The highest BCUT2D eigenvalue weighted by Crippen LogP contribution is 2.23. The fraction of sp³-hybridized carbons (Fsp3) is 0. The first kappa shape index (κ1) is 21.6. The van der Waals surface area contributed by atoms with Gasteiger partial charge in [-0.3, -0.25) is 9.44 Å². The lowest BCUT2D eigenvalue weighted by Crippen LogP contribution is -2.15. The quantitative estimate of drug-likeness (QED) is 0.547. The lowest BCUT2D eigenvalue weighted by atomic mass is 10.3. The molecule has 0 spiro atoms. The van der Waals surface area contributed by atoms with E-state index in [9.17, 15) is 34.4 Å². The molecule has 3 rings (SSSR count). The molecule has 3 aromatic rings. The zero-order valence-corrected chi connectivity index (χ0v) is 16.4. The lowest BCUT2D eigenvalue weighted by Gasteiger charge is -2.11. The molecule has 0 aliphatic carbocycles. The van der Waals surface area contributed by atoms with Gasteiger partial charge in [-0.25, -0.2) is 34.4 Å². The predicted octanol–water partition coefficient (Wildman–Crippen LogP) is 3.84. The highest BCUT2D eigenvalue weighted by atomic mass is 32.2. The van der Waals surface area contributed by atoms with Crippen LogP contribution in [0, 0.1) is 23.3 Å². The van der Waals surface area contributed by atoms with Gasteiger partial charge in [-0.15, -0.1) is 0 Å². The molecule has 0 aliphatic rings. The van der Waals surface area contributed by atoms with Crippen molar-refractivity contribution in [3.05, 3.63) is 83.9 Å². The Balaban J connectivity index is 1.78. The Morgan fingerprint density at radius 1 is 0.567 bits per heavy atom. The molecule has 158 valence electrons. The molecule has 0 saturated carbocycles. The third-order valence-electron chi connectivity index (χ3n) is 3.77. The standard InChI is InChI=1S/C18H12F4N2O4S2/c19-11-1-8-18(17(22)9-11)30(27,28)24-13-4-2-12(3-5-13)23-29(25,26)14-6-7-15(20)16(21)10-14/h1-10,23-24H. The number of benzene rings is 3. The Morgan fingerprint density at radius 3 is 1.67 bits per heavy atom. The van der Waals surface area contributed by atoms with Crippen molar-refractivity contribution >= 4 is 31.4 Å². The zero-order valence-electron chi connectivity index (χ0n) is 14.7. The minimum atomic E-state index is -4.37. The molecule has 0 bridgehead atoms. The number of halogens is 4. The number of hydrogen-bond donors (Lipinski definition) is 2. The van der Waals surface area contributed by atoms with E-state index in [1.807, 2.05) is 0 Å². The molecule has 3 aromatic carbocycles. The second-order valence-electron chi connectivity index (χ2n) is 5.94. The monoisotopic (exact) mass is 460 g/mol. The number of anilines is 2. The van der Waals surface area contributed by atoms with Gasteiger partial charge in [0.2, 0.25) is 0 Å². The molecule has 0 unspecified atom stereocenters. The molecular weight excluding hydrogens is 448 g/mol. The number of sulfonamides is 2. The second kappa shape index (κ2) is 7.95. The van der Waals surface area contributed by atoms with Gasteiger partial charge in [0, 0.05) is 17.4 Å². The maximum absolute atomic E-state index is 13.7. The molecule has 0 amide bonds. The summed E-state index contributed by atoms with van der Waals surface area (Å²) in [5, 5.41) is 0. The molecule has 0 aromatic heterocycles. The van der Waals surface area contributed by atoms with Crippen LogP contribution in [-0.4, -0.2) is 16.8 Å². The average molecular weight is 460 g/mol. The van der Waals surface area contributed by atoms with E-state index < -0.39 is 53.1 Å². The van der Waals surface area contributed by atoms with E-state index in [4.69, 9.17) is 0 Å². The van der Waals surface area contributed by atoms with Crippen molar-refractivity contribution in [2.45, 2.75) is 9.79 Å². The van der Waals surface area contributed by atoms with E-state index in [1.54, 1.807) is 0 Å².